The SMILES string of the molecule is CCNC(Cc1nccn1C)C(OC)C1CC1. The first-order chi connectivity index (χ1) is 8.26. The van der Waals surface area contributed by atoms with Crippen molar-refractivity contribution in [3.8, 4) is 0 Å². The molecule has 2 atom stereocenters. The molecule has 1 N–H and O–H groups in total. The lowest BCUT2D eigenvalue weighted by Gasteiger charge is -2.26. The van der Waals surface area contributed by atoms with Crippen molar-refractivity contribution < 1.29 is 4.74 Å². The average Bonchev–Trinajstić information content (AvgIpc) is 3.06. The molecule has 0 radical (unpaired) electrons. The van der Waals surface area contributed by atoms with E-state index in [-0.39, 0.29) is 0 Å². The molecule has 0 spiro atoms. The molecule has 1 fully saturated rings. The second-order valence-electron chi connectivity index (χ2n) is 4.86. The first kappa shape index (κ1) is 12.6. The van der Waals surface area contributed by atoms with E-state index in [4.69, 9.17) is 4.74 Å². The fourth-order valence-electron chi connectivity index (χ4n) is 2.47. The number of hydrogen-bond acceptors (Lipinski definition) is 3. The van der Waals surface area contributed by atoms with E-state index in [0.717, 1.165) is 24.7 Å². The molecule has 1 aromatic heterocycles. The summed E-state index contributed by atoms with van der Waals surface area (Å²) >= 11 is 0. The van der Waals surface area contributed by atoms with Crippen LogP contribution in [0, 0.1) is 5.92 Å². The van der Waals surface area contributed by atoms with Crippen LogP contribution in [0.1, 0.15) is 25.6 Å². The number of aromatic nitrogens is 2. The Bertz CT molecular complexity index is 346. The standard InChI is InChI=1S/C13H23N3O/c1-4-14-11(13(17-3)10-5-6-10)9-12-15-7-8-16(12)2/h7-8,10-11,13-14H,4-6,9H2,1-3H3. The number of nitrogens with one attached hydrogen (secondary N) is 1. The van der Waals surface area contributed by atoms with Gasteiger partial charge in [-0.15, -0.1) is 0 Å². The minimum Gasteiger partial charge on any atom is -0.380 e. The predicted octanol–water partition coefficient (Wildman–Crippen LogP) is 1.37. The van der Waals surface area contributed by atoms with Crippen LogP contribution in [-0.2, 0) is 18.2 Å². The molecule has 0 amide bonds. The highest BCUT2D eigenvalue weighted by Gasteiger charge is 2.36. The van der Waals surface area contributed by atoms with Gasteiger partial charge in [0.15, 0.2) is 0 Å². The number of likely N-dealkylation sites (N-methyl/N-ethyl adjacent to an activating group) is 1. The number of methoxy groups -OCH3 is 1. The zero-order chi connectivity index (χ0) is 12.3. The number of imidazole rings is 1. The molecule has 2 unspecified atom stereocenters. The minimum atomic E-state index is 0.326. The summed E-state index contributed by atoms with van der Waals surface area (Å²) in [5.41, 5.74) is 0. The smallest absolute Gasteiger partial charge is 0.110 e. The van der Waals surface area contributed by atoms with E-state index in [1.165, 1.54) is 12.8 Å². The molecule has 1 aliphatic rings. The third-order valence-electron chi connectivity index (χ3n) is 3.55. The van der Waals surface area contributed by atoms with Crippen molar-refractivity contribution in [2.75, 3.05) is 13.7 Å². The number of rotatable bonds is 7. The Morgan fingerprint density at radius 2 is 2.35 bits per heavy atom. The summed E-state index contributed by atoms with van der Waals surface area (Å²) in [5, 5.41) is 3.54. The van der Waals surface area contributed by atoms with Gasteiger partial charge in [-0.3, -0.25) is 0 Å². The van der Waals surface area contributed by atoms with Crippen molar-refractivity contribution >= 4 is 0 Å². The fourth-order valence-corrected chi connectivity index (χ4v) is 2.47. The summed E-state index contributed by atoms with van der Waals surface area (Å²) in [6, 6.07) is 0.374. The Morgan fingerprint density at radius 3 is 2.82 bits per heavy atom. The van der Waals surface area contributed by atoms with Gasteiger partial charge in [0.2, 0.25) is 0 Å². The van der Waals surface area contributed by atoms with E-state index >= 15 is 0 Å². The third-order valence-corrected chi connectivity index (χ3v) is 3.55. The summed E-state index contributed by atoms with van der Waals surface area (Å²) in [6.45, 7) is 3.12. The van der Waals surface area contributed by atoms with Crippen LogP contribution in [0.25, 0.3) is 0 Å². The lowest BCUT2D eigenvalue weighted by molar-refractivity contribution is 0.0508. The highest BCUT2D eigenvalue weighted by molar-refractivity contribution is 4.99. The second kappa shape index (κ2) is 5.65. The molecule has 1 saturated carbocycles. The molecule has 17 heavy (non-hydrogen) atoms. The quantitative estimate of drug-likeness (QED) is 0.778. The summed E-state index contributed by atoms with van der Waals surface area (Å²) < 4.78 is 7.77. The molecule has 4 nitrogen and oxygen atoms in total. The van der Waals surface area contributed by atoms with Crippen LogP contribution in [0.4, 0.5) is 0 Å². The Labute approximate surface area is 103 Å². The Balaban J connectivity index is 2.03. The van der Waals surface area contributed by atoms with Crippen LogP contribution in [0.15, 0.2) is 12.4 Å². The van der Waals surface area contributed by atoms with Gasteiger partial charge in [0.25, 0.3) is 0 Å². The fraction of sp³-hybridized carbons (Fsp3) is 0.769. The molecular weight excluding hydrogens is 214 g/mol. The van der Waals surface area contributed by atoms with Crippen LogP contribution >= 0.6 is 0 Å². The van der Waals surface area contributed by atoms with E-state index in [1.807, 2.05) is 26.6 Å². The Kier molecular flexibility index (Phi) is 4.18. The lowest BCUT2D eigenvalue weighted by Crippen LogP contribution is -2.44. The van der Waals surface area contributed by atoms with Crippen molar-refractivity contribution in [1.82, 2.24) is 14.9 Å². The van der Waals surface area contributed by atoms with Gasteiger partial charge in [-0.25, -0.2) is 4.98 Å². The monoisotopic (exact) mass is 237 g/mol. The lowest BCUT2D eigenvalue weighted by atomic mass is 10.0. The normalized spacial score (nSPS) is 19.2. The van der Waals surface area contributed by atoms with E-state index in [0.29, 0.717) is 12.1 Å². The van der Waals surface area contributed by atoms with E-state index in [9.17, 15) is 0 Å². The van der Waals surface area contributed by atoms with Gasteiger partial charge in [-0.05, 0) is 25.3 Å². The van der Waals surface area contributed by atoms with Crippen molar-refractivity contribution in [1.29, 1.82) is 0 Å². The van der Waals surface area contributed by atoms with Crippen molar-refractivity contribution in [3.05, 3.63) is 18.2 Å². The van der Waals surface area contributed by atoms with Crippen LogP contribution in [0.3, 0.4) is 0 Å². The van der Waals surface area contributed by atoms with Crippen LogP contribution in [0.2, 0.25) is 0 Å². The number of ether oxygens (including phenoxy) is 1. The number of aryl methyl sites for hydroxylation is 1. The van der Waals surface area contributed by atoms with Gasteiger partial charge in [0.05, 0.1) is 6.10 Å². The maximum absolute atomic E-state index is 5.68. The maximum atomic E-state index is 5.68. The molecule has 0 aromatic carbocycles. The van der Waals surface area contributed by atoms with Crippen molar-refractivity contribution in [2.24, 2.45) is 13.0 Å². The highest BCUT2D eigenvalue weighted by atomic mass is 16.5. The average molecular weight is 237 g/mol. The third kappa shape index (κ3) is 3.07. The van der Waals surface area contributed by atoms with Gasteiger partial charge in [0.1, 0.15) is 5.82 Å². The largest absolute Gasteiger partial charge is 0.380 e. The molecule has 0 aliphatic heterocycles. The molecule has 4 heteroatoms. The van der Waals surface area contributed by atoms with Crippen LogP contribution < -0.4 is 5.32 Å². The van der Waals surface area contributed by atoms with E-state index < -0.39 is 0 Å². The molecule has 0 saturated heterocycles. The van der Waals surface area contributed by atoms with E-state index in [2.05, 4.69) is 21.8 Å². The van der Waals surface area contributed by atoms with Gasteiger partial charge in [0, 0.05) is 39.0 Å². The first-order valence-corrected chi connectivity index (χ1v) is 6.48. The Hall–Kier alpha value is -0.870. The van der Waals surface area contributed by atoms with Crippen molar-refractivity contribution in [3.63, 3.8) is 0 Å². The summed E-state index contributed by atoms with van der Waals surface area (Å²) in [5.74, 6) is 1.86. The first-order valence-electron chi connectivity index (χ1n) is 6.48. The van der Waals surface area contributed by atoms with Crippen LogP contribution in [-0.4, -0.2) is 35.4 Å². The molecule has 1 aliphatic carbocycles. The second-order valence-corrected chi connectivity index (χ2v) is 4.86. The summed E-state index contributed by atoms with van der Waals surface area (Å²) in [7, 11) is 3.87. The molecule has 1 aromatic rings. The number of hydrogen-bond donors (Lipinski definition) is 1. The van der Waals surface area contributed by atoms with E-state index in [1.54, 1.807) is 0 Å². The summed E-state index contributed by atoms with van der Waals surface area (Å²) in [6.07, 6.45) is 7.73. The van der Waals surface area contributed by atoms with Crippen LogP contribution in [0.5, 0.6) is 0 Å². The summed E-state index contributed by atoms with van der Waals surface area (Å²) in [4.78, 5) is 4.40. The zero-order valence-corrected chi connectivity index (χ0v) is 11.0. The maximum Gasteiger partial charge on any atom is 0.110 e. The van der Waals surface area contributed by atoms with Gasteiger partial charge >= 0.3 is 0 Å². The van der Waals surface area contributed by atoms with Gasteiger partial charge in [-0.1, -0.05) is 6.92 Å². The van der Waals surface area contributed by atoms with Gasteiger partial charge in [-0.2, -0.15) is 0 Å². The molecule has 96 valence electrons. The predicted molar refractivity (Wildman–Crippen MR) is 67.9 cm³/mol. The Morgan fingerprint density at radius 1 is 1.59 bits per heavy atom. The molecule has 2 rings (SSSR count). The van der Waals surface area contributed by atoms with Crippen molar-refractivity contribution in [2.45, 2.75) is 38.3 Å². The molecule has 0 bridgehead atoms. The number of nitrogens with zero attached hydrogens (tertiary/aromatic N) is 2. The molecule has 1 heterocycles. The highest BCUT2D eigenvalue weighted by Crippen LogP contribution is 2.36. The molecular formula is C13H23N3O. The van der Waals surface area contributed by atoms with Gasteiger partial charge < -0.3 is 14.6 Å². The topological polar surface area (TPSA) is 39.1 Å². The minimum absolute atomic E-state index is 0.326. The zero-order valence-electron chi connectivity index (χ0n) is 11.0.